The van der Waals surface area contributed by atoms with E-state index in [1.807, 2.05) is 60.1 Å². The predicted octanol–water partition coefficient (Wildman–Crippen LogP) is 3.22. The first-order valence-electron chi connectivity index (χ1n) is 10.2. The van der Waals surface area contributed by atoms with Crippen molar-refractivity contribution in [3.63, 3.8) is 0 Å². The highest BCUT2D eigenvalue weighted by Crippen LogP contribution is 2.25. The van der Waals surface area contributed by atoms with E-state index in [1.165, 1.54) is 0 Å². The van der Waals surface area contributed by atoms with Crippen LogP contribution in [-0.2, 0) is 22.6 Å². The van der Waals surface area contributed by atoms with Crippen LogP contribution in [0.3, 0.4) is 0 Å². The second kappa shape index (κ2) is 8.57. The van der Waals surface area contributed by atoms with E-state index in [1.54, 1.807) is 4.90 Å². The third-order valence-corrected chi connectivity index (χ3v) is 5.22. The number of benzene rings is 1. The van der Waals surface area contributed by atoms with Gasteiger partial charge in [0, 0.05) is 37.6 Å². The third-order valence-electron chi connectivity index (χ3n) is 5.22. The van der Waals surface area contributed by atoms with Gasteiger partial charge in [0.1, 0.15) is 11.6 Å². The van der Waals surface area contributed by atoms with Crippen molar-refractivity contribution >= 4 is 17.5 Å². The summed E-state index contributed by atoms with van der Waals surface area (Å²) in [6.07, 6.45) is 0.563. The maximum absolute atomic E-state index is 12.8. The molecule has 3 aromatic rings. The first kappa shape index (κ1) is 19.9. The summed E-state index contributed by atoms with van der Waals surface area (Å²) in [6.45, 7) is 5.49. The molecule has 30 heavy (non-hydrogen) atoms. The average molecular weight is 403 g/mol. The molecule has 3 heterocycles. The maximum Gasteiger partial charge on any atom is 0.228 e. The Hall–Kier alpha value is -3.35. The van der Waals surface area contributed by atoms with Gasteiger partial charge in [-0.2, -0.15) is 15.3 Å². The third kappa shape index (κ3) is 4.45. The van der Waals surface area contributed by atoms with Crippen LogP contribution in [0.15, 0.2) is 48.5 Å². The van der Waals surface area contributed by atoms with Crippen LogP contribution in [0.25, 0.3) is 11.3 Å². The average Bonchev–Trinajstić information content (AvgIpc) is 3.12. The lowest BCUT2D eigenvalue weighted by atomic mass is 10.1. The smallest absolute Gasteiger partial charge is 0.228 e. The number of aromatic nitrogens is 4. The maximum atomic E-state index is 12.8. The molecule has 0 radical (unpaired) electrons. The normalized spacial score (nSPS) is 15.7. The van der Waals surface area contributed by atoms with Crippen molar-refractivity contribution in [3.05, 3.63) is 59.9 Å². The Bertz CT molecular complexity index is 1040. The van der Waals surface area contributed by atoms with E-state index in [9.17, 15) is 9.59 Å². The van der Waals surface area contributed by atoms with Gasteiger partial charge >= 0.3 is 0 Å². The number of anilines is 1. The highest BCUT2D eigenvalue weighted by Gasteiger charge is 2.27. The molecular formula is C23H25N5O2. The van der Waals surface area contributed by atoms with Gasteiger partial charge in [0.15, 0.2) is 0 Å². The Morgan fingerprint density at radius 3 is 2.57 bits per heavy atom. The van der Waals surface area contributed by atoms with Crippen LogP contribution in [0, 0.1) is 12.8 Å². The van der Waals surface area contributed by atoms with Crippen molar-refractivity contribution in [1.82, 2.24) is 20.0 Å². The number of amides is 1. The van der Waals surface area contributed by atoms with Gasteiger partial charge in [0.25, 0.3) is 0 Å². The number of ketones is 1. The fourth-order valence-corrected chi connectivity index (χ4v) is 3.76. The monoisotopic (exact) mass is 403 g/mol. The van der Waals surface area contributed by atoms with Crippen LogP contribution in [-0.4, -0.2) is 38.2 Å². The van der Waals surface area contributed by atoms with E-state index in [2.05, 4.69) is 22.2 Å². The minimum Gasteiger partial charge on any atom is -0.299 e. The molecule has 1 aromatic carbocycles. The number of hydrogen-bond donors (Lipinski definition) is 0. The molecule has 1 unspecified atom stereocenters. The number of rotatable bonds is 6. The molecule has 1 aliphatic rings. The summed E-state index contributed by atoms with van der Waals surface area (Å²) in [5.74, 6) is 1.10. The van der Waals surface area contributed by atoms with Gasteiger partial charge in [-0.15, -0.1) is 0 Å². The van der Waals surface area contributed by atoms with E-state index >= 15 is 0 Å². The molecule has 1 atom stereocenters. The quantitative estimate of drug-likeness (QED) is 0.631. The molecule has 7 heteroatoms. The molecule has 0 saturated heterocycles. The van der Waals surface area contributed by atoms with Crippen molar-refractivity contribution in [1.29, 1.82) is 0 Å². The van der Waals surface area contributed by atoms with Gasteiger partial charge in [0.2, 0.25) is 5.91 Å². The Kier molecular flexibility index (Phi) is 5.70. The molecule has 7 nitrogen and oxygen atoms in total. The number of nitrogens with zero attached hydrogens (tertiary/aromatic N) is 5. The second-order valence-corrected chi connectivity index (χ2v) is 7.93. The number of carbonyl (C=O) groups excluding carboxylic acids is 2. The highest BCUT2D eigenvalue weighted by atomic mass is 16.2. The summed E-state index contributed by atoms with van der Waals surface area (Å²) in [5.41, 5.74) is 3.27. The van der Waals surface area contributed by atoms with Crippen LogP contribution in [0.4, 0.5) is 5.82 Å². The summed E-state index contributed by atoms with van der Waals surface area (Å²) in [7, 11) is 0. The molecule has 0 saturated carbocycles. The molecule has 0 fully saturated rings. The standard InChI is InChI=1S/C23H25N5O2/c1-16-14-27(22-12-17(2)26-28(22)15-16)23(30)11-9-20(29)13-19-8-10-21(25-24-19)18-6-4-3-5-7-18/h3-8,10,12,16H,9,11,13-15H2,1-2H3. The van der Waals surface area contributed by atoms with E-state index < -0.39 is 0 Å². The van der Waals surface area contributed by atoms with E-state index in [0.29, 0.717) is 18.2 Å². The Labute approximate surface area is 175 Å². The van der Waals surface area contributed by atoms with Crippen molar-refractivity contribution < 1.29 is 9.59 Å². The van der Waals surface area contributed by atoms with Crippen LogP contribution in [0.1, 0.15) is 31.2 Å². The fraction of sp³-hybridized carbons (Fsp3) is 0.348. The van der Waals surface area contributed by atoms with E-state index in [0.717, 1.165) is 29.3 Å². The lowest BCUT2D eigenvalue weighted by molar-refractivity contribution is -0.123. The molecule has 2 aromatic heterocycles. The Balaban J connectivity index is 1.33. The Morgan fingerprint density at radius 2 is 1.83 bits per heavy atom. The first-order valence-corrected chi connectivity index (χ1v) is 10.2. The summed E-state index contributed by atoms with van der Waals surface area (Å²) in [5, 5.41) is 12.9. The predicted molar refractivity (Wildman–Crippen MR) is 114 cm³/mol. The molecule has 4 rings (SSSR count). The van der Waals surface area contributed by atoms with Crippen LogP contribution in [0.5, 0.6) is 0 Å². The number of fused-ring (bicyclic) bond motifs is 1. The summed E-state index contributed by atoms with van der Waals surface area (Å²) < 4.78 is 1.88. The molecule has 0 spiro atoms. The number of hydrogen-bond acceptors (Lipinski definition) is 5. The fourth-order valence-electron chi connectivity index (χ4n) is 3.76. The second-order valence-electron chi connectivity index (χ2n) is 7.93. The van der Waals surface area contributed by atoms with Crippen LogP contribution < -0.4 is 4.90 Å². The van der Waals surface area contributed by atoms with Crippen molar-refractivity contribution in [2.24, 2.45) is 5.92 Å². The van der Waals surface area contributed by atoms with Crippen LogP contribution in [0.2, 0.25) is 0 Å². The highest BCUT2D eigenvalue weighted by molar-refractivity contribution is 5.95. The SMILES string of the molecule is Cc1cc2n(n1)CC(C)CN2C(=O)CCC(=O)Cc1ccc(-c2ccccc2)nn1. The minimum atomic E-state index is -0.0402. The molecule has 1 amide bonds. The summed E-state index contributed by atoms with van der Waals surface area (Å²) >= 11 is 0. The van der Waals surface area contributed by atoms with Gasteiger partial charge in [-0.3, -0.25) is 14.5 Å². The number of carbonyl (C=O) groups is 2. The molecule has 0 N–H and O–H groups in total. The minimum absolute atomic E-state index is 0.0140. The zero-order valence-electron chi connectivity index (χ0n) is 17.3. The molecular weight excluding hydrogens is 378 g/mol. The number of Topliss-reactive ketones (excluding diaryl/α,β-unsaturated/α-hetero) is 1. The van der Waals surface area contributed by atoms with Crippen molar-refractivity contribution in [3.8, 4) is 11.3 Å². The zero-order valence-corrected chi connectivity index (χ0v) is 17.3. The van der Waals surface area contributed by atoms with Gasteiger partial charge < -0.3 is 0 Å². The van der Waals surface area contributed by atoms with Gasteiger partial charge in [-0.25, -0.2) is 4.68 Å². The summed E-state index contributed by atoms with van der Waals surface area (Å²) in [6, 6.07) is 15.4. The Morgan fingerprint density at radius 1 is 1.03 bits per heavy atom. The summed E-state index contributed by atoms with van der Waals surface area (Å²) in [4.78, 5) is 27.0. The van der Waals surface area contributed by atoms with Gasteiger partial charge in [0.05, 0.1) is 23.5 Å². The van der Waals surface area contributed by atoms with E-state index in [-0.39, 0.29) is 31.0 Å². The van der Waals surface area contributed by atoms with Crippen molar-refractivity contribution in [2.75, 3.05) is 11.4 Å². The van der Waals surface area contributed by atoms with Gasteiger partial charge in [-0.1, -0.05) is 37.3 Å². The first-order chi connectivity index (χ1) is 14.5. The van der Waals surface area contributed by atoms with Crippen LogP contribution >= 0.6 is 0 Å². The lowest BCUT2D eigenvalue weighted by Crippen LogP contribution is -2.41. The molecule has 1 aliphatic heterocycles. The van der Waals surface area contributed by atoms with E-state index in [4.69, 9.17) is 0 Å². The largest absolute Gasteiger partial charge is 0.299 e. The lowest BCUT2D eigenvalue weighted by Gasteiger charge is -2.31. The molecule has 154 valence electrons. The topological polar surface area (TPSA) is 81.0 Å². The van der Waals surface area contributed by atoms with Crippen molar-refractivity contribution in [2.45, 2.75) is 39.7 Å². The number of aryl methyl sites for hydroxylation is 1. The molecule has 0 bridgehead atoms. The van der Waals surface area contributed by atoms with Gasteiger partial charge in [-0.05, 0) is 25.0 Å². The molecule has 0 aliphatic carbocycles. The zero-order chi connectivity index (χ0) is 21.1.